The first-order valence-electron chi connectivity index (χ1n) is 8.55. The van der Waals surface area contributed by atoms with Crippen LogP contribution in [0.3, 0.4) is 0 Å². The molecule has 1 aliphatic heterocycles. The average molecular weight is 328 g/mol. The van der Waals surface area contributed by atoms with Crippen molar-refractivity contribution in [2.75, 3.05) is 19.7 Å². The number of rotatable bonds is 5. The van der Waals surface area contributed by atoms with E-state index in [0.717, 1.165) is 37.4 Å². The molecule has 1 aromatic heterocycles. The zero-order valence-electron chi connectivity index (χ0n) is 14.3. The molecule has 2 aromatic rings. The molecule has 0 spiro atoms. The predicted octanol–water partition coefficient (Wildman–Crippen LogP) is 2.62. The van der Waals surface area contributed by atoms with Crippen molar-refractivity contribution in [3.63, 3.8) is 0 Å². The van der Waals surface area contributed by atoms with Crippen LogP contribution in [0.2, 0.25) is 0 Å². The van der Waals surface area contributed by atoms with Crippen LogP contribution in [0, 0.1) is 0 Å². The highest BCUT2D eigenvalue weighted by Gasteiger charge is 2.27. The third-order valence-electron chi connectivity index (χ3n) is 4.39. The van der Waals surface area contributed by atoms with Gasteiger partial charge in [0.1, 0.15) is 17.9 Å². The maximum atomic E-state index is 12.8. The van der Waals surface area contributed by atoms with Crippen molar-refractivity contribution in [3.8, 4) is 5.75 Å². The van der Waals surface area contributed by atoms with E-state index in [1.54, 1.807) is 6.33 Å². The summed E-state index contributed by atoms with van der Waals surface area (Å²) in [5.74, 6) is 2.09. The summed E-state index contributed by atoms with van der Waals surface area (Å²) < 4.78 is 7.51. The van der Waals surface area contributed by atoms with Gasteiger partial charge in [0, 0.05) is 31.6 Å². The second-order valence-electron chi connectivity index (χ2n) is 6.26. The van der Waals surface area contributed by atoms with Gasteiger partial charge < -0.3 is 14.2 Å². The Bertz CT molecular complexity index is 681. The Kier molecular flexibility index (Phi) is 5.13. The van der Waals surface area contributed by atoms with Crippen molar-refractivity contribution < 1.29 is 9.53 Å². The molecule has 3 rings (SSSR count). The van der Waals surface area contributed by atoms with Crippen molar-refractivity contribution in [2.45, 2.75) is 32.1 Å². The lowest BCUT2D eigenvalue weighted by Crippen LogP contribution is -2.39. The highest BCUT2D eigenvalue weighted by atomic mass is 16.5. The van der Waals surface area contributed by atoms with Gasteiger partial charge in [-0.25, -0.2) is 0 Å². The van der Waals surface area contributed by atoms with Crippen molar-refractivity contribution in [2.24, 2.45) is 7.05 Å². The number of nitrogens with zero attached hydrogens (tertiary/aromatic N) is 4. The van der Waals surface area contributed by atoms with Gasteiger partial charge in [-0.2, -0.15) is 0 Å². The summed E-state index contributed by atoms with van der Waals surface area (Å²) in [6, 6.07) is 7.43. The Labute approximate surface area is 142 Å². The molecule has 6 nitrogen and oxygen atoms in total. The van der Waals surface area contributed by atoms with Crippen LogP contribution < -0.4 is 4.74 Å². The van der Waals surface area contributed by atoms with Crippen LogP contribution in [-0.4, -0.2) is 45.3 Å². The lowest BCUT2D eigenvalue weighted by Gasteiger charge is -2.32. The van der Waals surface area contributed by atoms with E-state index in [-0.39, 0.29) is 11.8 Å². The number of carbonyl (C=O) groups excluding carboxylic acids is 1. The van der Waals surface area contributed by atoms with Gasteiger partial charge >= 0.3 is 0 Å². The molecule has 0 N–H and O–H groups in total. The lowest BCUT2D eigenvalue weighted by atomic mass is 9.96. The van der Waals surface area contributed by atoms with E-state index in [1.165, 1.54) is 0 Å². The number of carbonyl (C=O) groups is 1. The average Bonchev–Trinajstić information content (AvgIpc) is 3.06. The Morgan fingerprint density at radius 2 is 2.12 bits per heavy atom. The number of hydrogen-bond acceptors (Lipinski definition) is 4. The molecule has 6 heteroatoms. The van der Waals surface area contributed by atoms with Gasteiger partial charge in [0.25, 0.3) is 5.91 Å². The third-order valence-corrected chi connectivity index (χ3v) is 4.39. The second-order valence-corrected chi connectivity index (χ2v) is 6.26. The van der Waals surface area contributed by atoms with Crippen LogP contribution in [0.25, 0.3) is 0 Å². The molecule has 1 aliphatic rings. The Morgan fingerprint density at radius 1 is 1.33 bits per heavy atom. The van der Waals surface area contributed by atoms with Crippen molar-refractivity contribution in [3.05, 3.63) is 42.0 Å². The first kappa shape index (κ1) is 16.5. The van der Waals surface area contributed by atoms with Gasteiger partial charge in [-0.1, -0.05) is 6.92 Å². The molecule has 1 saturated heterocycles. The Hall–Kier alpha value is -2.37. The molecular weight excluding hydrogens is 304 g/mol. The molecule has 1 atom stereocenters. The summed E-state index contributed by atoms with van der Waals surface area (Å²) in [6.45, 7) is 4.25. The standard InChI is InChI=1S/C18H24N4O2/c1-3-11-24-16-8-6-14(7-9-16)18(23)22-10-4-5-15(12-22)17-20-19-13-21(17)2/h6-9,13,15H,3-5,10-12H2,1-2H3. The van der Waals surface area contributed by atoms with Gasteiger partial charge in [-0.05, 0) is 43.5 Å². The number of benzene rings is 1. The molecule has 1 unspecified atom stereocenters. The van der Waals surface area contributed by atoms with E-state index in [2.05, 4.69) is 17.1 Å². The van der Waals surface area contributed by atoms with E-state index >= 15 is 0 Å². The number of likely N-dealkylation sites (tertiary alicyclic amines) is 1. The number of aryl methyl sites for hydroxylation is 1. The largest absolute Gasteiger partial charge is 0.494 e. The van der Waals surface area contributed by atoms with E-state index in [1.807, 2.05) is 40.8 Å². The number of aromatic nitrogens is 3. The summed E-state index contributed by atoms with van der Waals surface area (Å²) in [7, 11) is 1.95. The minimum absolute atomic E-state index is 0.0731. The van der Waals surface area contributed by atoms with Crippen LogP contribution in [0.1, 0.15) is 48.3 Å². The molecule has 0 aliphatic carbocycles. The van der Waals surface area contributed by atoms with E-state index < -0.39 is 0 Å². The van der Waals surface area contributed by atoms with E-state index in [4.69, 9.17) is 4.74 Å². The highest BCUT2D eigenvalue weighted by Crippen LogP contribution is 2.26. The molecule has 1 amide bonds. The Balaban J connectivity index is 1.67. The fraction of sp³-hybridized carbons (Fsp3) is 0.500. The van der Waals surface area contributed by atoms with Crippen molar-refractivity contribution in [1.82, 2.24) is 19.7 Å². The molecule has 2 heterocycles. The molecule has 1 aromatic carbocycles. The minimum atomic E-state index is 0.0731. The quantitative estimate of drug-likeness (QED) is 0.846. The summed E-state index contributed by atoms with van der Waals surface area (Å²) in [5, 5.41) is 8.16. The van der Waals surface area contributed by atoms with Crippen LogP contribution in [0.5, 0.6) is 5.75 Å². The predicted molar refractivity (Wildman–Crippen MR) is 91.1 cm³/mol. The fourth-order valence-corrected chi connectivity index (χ4v) is 3.13. The maximum absolute atomic E-state index is 12.8. The zero-order chi connectivity index (χ0) is 16.9. The van der Waals surface area contributed by atoms with Gasteiger partial charge in [-0.3, -0.25) is 4.79 Å². The van der Waals surface area contributed by atoms with Crippen molar-refractivity contribution >= 4 is 5.91 Å². The normalized spacial score (nSPS) is 17.8. The Morgan fingerprint density at radius 3 is 2.79 bits per heavy atom. The summed E-state index contributed by atoms with van der Waals surface area (Å²) in [6.07, 6.45) is 4.71. The first-order chi connectivity index (χ1) is 11.7. The first-order valence-corrected chi connectivity index (χ1v) is 8.55. The zero-order valence-corrected chi connectivity index (χ0v) is 14.3. The molecule has 1 fully saturated rings. The SMILES string of the molecule is CCCOc1ccc(C(=O)N2CCCC(c3nncn3C)C2)cc1. The van der Waals surface area contributed by atoms with Gasteiger partial charge in [-0.15, -0.1) is 10.2 Å². The van der Waals surface area contributed by atoms with Crippen LogP contribution in [0.4, 0.5) is 0 Å². The molecule has 0 saturated carbocycles. The molecular formula is C18H24N4O2. The van der Waals surface area contributed by atoms with Crippen LogP contribution in [-0.2, 0) is 7.05 Å². The second kappa shape index (κ2) is 7.47. The summed E-state index contributed by atoms with van der Waals surface area (Å²) in [5.41, 5.74) is 0.706. The smallest absolute Gasteiger partial charge is 0.253 e. The number of piperidine rings is 1. The molecule has 24 heavy (non-hydrogen) atoms. The molecule has 0 bridgehead atoms. The number of hydrogen-bond donors (Lipinski definition) is 0. The van der Waals surface area contributed by atoms with E-state index in [0.29, 0.717) is 18.7 Å². The topological polar surface area (TPSA) is 60.2 Å². The summed E-state index contributed by atoms with van der Waals surface area (Å²) >= 11 is 0. The highest BCUT2D eigenvalue weighted by molar-refractivity contribution is 5.94. The monoisotopic (exact) mass is 328 g/mol. The summed E-state index contributed by atoms with van der Waals surface area (Å²) in [4.78, 5) is 14.7. The van der Waals surface area contributed by atoms with Gasteiger partial charge in [0.2, 0.25) is 0 Å². The lowest BCUT2D eigenvalue weighted by molar-refractivity contribution is 0.0703. The van der Waals surface area contributed by atoms with Crippen molar-refractivity contribution in [1.29, 1.82) is 0 Å². The number of ether oxygens (including phenoxy) is 1. The molecule has 0 radical (unpaired) electrons. The number of amides is 1. The van der Waals surface area contributed by atoms with E-state index in [9.17, 15) is 4.79 Å². The fourth-order valence-electron chi connectivity index (χ4n) is 3.13. The minimum Gasteiger partial charge on any atom is -0.494 e. The molecule has 128 valence electrons. The van der Waals surface area contributed by atoms with Gasteiger partial charge in [0.05, 0.1) is 6.61 Å². The maximum Gasteiger partial charge on any atom is 0.253 e. The third kappa shape index (κ3) is 3.58. The van der Waals surface area contributed by atoms with Crippen LogP contribution >= 0.6 is 0 Å². The van der Waals surface area contributed by atoms with Crippen LogP contribution in [0.15, 0.2) is 30.6 Å². The van der Waals surface area contributed by atoms with Gasteiger partial charge in [0.15, 0.2) is 0 Å².